The van der Waals surface area contributed by atoms with E-state index >= 15 is 0 Å². The second-order valence-corrected chi connectivity index (χ2v) is 5.42. The molecule has 0 saturated carbocycles. The summed E-state index contributed by atoms with van der Waals surface area (Å²) < 4.78 is 0. The molecule has 0 amide bonds. The summed E-state index contributed by atoms with van der Waals surface area (Å²) in [7, 11) is 0. The van der Waals surface area contributed by atoms with Gasteiger partial charge < -0.3 is 5.11 Å². The van der Waals surface area contributed by atoms with Gasteiger partial charge in [0.15, 0.2) is 0 Å². The molecule has 0 unspecified atom stereocenters. The first-order chi connectivity index (χ1) is 6.79. The van der Waals surface area contributed by atoms with E-state index in [2.05, 4.69) is 46.4 Å². The van der Waals surface area contributed by atoms with Gasteiger partial charge in [-0.3, -0.25) is 0 Å². The summed E-state index contributed by atoms with van der Waals surface area (Å²) in [6.07, 6.45) is 0. The zero-order valence-corrected chi connectivity index (χ0v) is 11.1. The van der Waals surface area contributed by atoms with Crippen molar-refractivity contribution in [3.8, 4) is 5.75 Å². The Hall–Kier alpha value is -0.630. The van der Waals surface area contributed by atoms with E-state index in [1.54, 1.807) is 0 Å². The SMILES string of the molecule is Cc1cc(C(C)(C)C)c(O)c(C)c1CS. The van der Waals surface area contributed by atoms with Crippen molar-refractivity contribution in [1.29, 1.82) is 0 Å². The molecule has 0 heterocycles. The van der Waals surface area contributed by atoms with Crippen molar-refractivity contribution < 1.29 is 5.11 Å². The van der Waals surface area contributed by atoms with Crippen LogP contribution in [-0.2, 0) is 11.2 Å². The van der Waals surface area contributed by atoms with Crippen LogP contribution in [0.15, 0.2) is 6.07 Å². The molecule has 0 aliphatic rings. The molecule has 84 valence electrons. The van der Waals surface area contributed by atoms with Crippen LogP contribution in [0, 0.1) is 13.8 Å². The largest absolute Gasteiger partial charge is 0.507 e. The zero-order valence-electron chi connectivity index (χ0n) is 10.2. The first-order valence-electron chi connectivity index (χ1n) is 5.22. The molecule has 1 nitrogen and oxygen atoms in total. The minimum Gasteiger partial charge on any atom is -0.507 e. The van der Waals surface area contributed by atoms with Gasteiger partial charge in [0.25, 0.3) is 0 Å². The van der Waals surface area contributed by atoms with E-state index in [0.29, 0.717) is 11.5 Å². The van der Waals surface area contributed by atoms with Crippen molar-refractivity contribution in [3.63, 3.8) is 0 Å². The van der Waals surface area contributed by atoms with E-state index in [9.17, 15) is 5.11 Å². The molecule has 1 N–H and O–H groups in total. The van der Waals surface area contributed by atoms with Gasteiger partial charge in [0, 0.05) is 5.75 Å². The number of rotatable bonds is 1. The van der Waals surface area contributed by atoms with E-state index in [1.807, 2.05) is 6.92 Å². The molecule has 0 spiro atoms. The van der Waals surface area contributed by atoms with Crippen LogP contribution < -0.4 is 0 Å². The molecule has 0 bridgehead atoms. The number of phenolic OH excluding ortho intramolecular Hbond substituents is 1. The predicted molar refractivity (Wildman–Crippen MR) is 69.0 cm³/mol. The van der Waals surface area contributed by atoms with E-state index < -0.39 is 0 Å². The fraction of sp³-hybridized carbons (Fsp3) is 0.538. The van der Waals surface area contributed by atoms with E-state index in [4.69, 9.17) is 0 Å². The summed E-state index contributed by atoms with van der Waals surface area (Å²) in [4.78, 5) is 0. The molecule has 1 aromatic rings. The van der Waals surface area contributed by atoms with Crippen molar-refractivity contribution in [2.75, 3.05) is 0 Å². The summed E-state index contributed by atoms with van der Waals surface area (Å²) in [5.74, 6) is 1.10. The van der Waals surface area contributed by atoms with Crippen LogP contribution in [0.5, 0.6) is 5.75 Å². The lowest BCUT2D eigenvalue weighted by Crippen LogP contribution is -2.13. The highest BCUT2D eigenvalue weighted by Gasteiger charge is 2.21. The van der Waals surface area contributed by atoms with Gasteiger partial charge in [-0.2, -0.15) is 12.6 Å². The Morgan fingerprint density at radius 1 is 1.27 bits per heavy atom. The Bertz CT molecular complexity index is 375. The highest BCUT2D eigenvalue weighted by Crippen LogP contribution is 2.36. The maximum absolute atomic E-state index is 10.1. The minimum atomic E-state index is -0.0191. The molecule has 0 aliphatic carbocycles. The number of hydrogen-bond acceptors (Lipinski definition) is 2. The molecule has 15 heavy (non-hydrogen) atoms. The third-order valence-corrected chi connectivity index (χ3v) is 3.18. The lowest BCUT2D eigenvalue weighted by Gasteiger charge is -2.24. The molecular formula is C13H20OS. The summed E-state index contributed by atoms with van der Waals surface area (Å²) in [5, 5.41) is 10.1. The Labute approximate surface area is 97.9 Å². The van der Waals surface area contributed by atoms with Gasteiger partial charge in [0.2, 0.25) is 0 Å². The number of aromatic hydroxyl groups is 1. The summed E-state index contributed by atoms with van der Waals surface area (Å²) in [5.41, 5.74) is 4.32. The molecule has 0 aliphatic heterocycles. The van der Waals surface area contributed by atoms with Gasteiger partial charge in [0.1, 0.15) is 5.75 Å². The number of hydrogen-bond donors (Lipinski definition) is 2. The highest BCUT2D eigenvalue weighted by atomic mass is 32.1. The molecule has 0 saturated heterocycles. The second-order valence-electron chi connectivity index (χ2n) is 5.10. The van der Waals surface area contributed by atoms with Gasteiger partial charge in [-0.1, -0.05) is 26.8 Å². The van der Waals surface area contributed by atoms with Gasteiger partial charge >= 0.3 is 0 Å². The van der Waals surface area contributed by atoms with Crippen LogP contribution in [0.4, 0.5) is 0 Å². The molecule has 0 aromatic heterocycles. The number of benzene rings is 1. The number of aryl methyl sites for hydroxylation is 1. The fourth-order valence-corrected chi connectivity index (χ4v) is 2.31. The predicted octanol–water partition coefficient (Wildman–Crippen LogP) is 3.74. The van der Waals surface area contributed by atoms with Crippen LogP contribution in [0.2, 0.25) is 0 Å². The maximum Gasteiger partial charge on any atom is 0.122 e. The van der Waals surface area contributed by atoms with Crippen molar-refractivity contribution in [2.24, 2.45) is 0 Å². The van der Waals surface area contributed by atoms with Gasteiger partial charge in [-0.05, 0) is 41.5 Å². The third kappa shape index (κ3) is 2.31. The summed E-state index contributed by atoms with van der Waals surface area (Å²) in [6.45, 7) is 10.4. The Balaban J connectivity index is 3.48. The Kier molecular flexibility index (Phi) is 3.39. The van der Waals surface area contributed by atoms with Crippen molar-refractivity contribution in [3.05, 3.63) is 28.3 Å². The van der Waals surface area contributed by atoms with E-state index in [-0.39, 0.29) is 5.41 Å². The lowest BCUT2D eigenvalue weighted by molar-refractivity contribution is 0.442. The monoisotopic (exact) mass is 224 g/mol. The molecular weight excluding hydrogens is 204 g/mol. The lowest BCUT2D eigenvalue weighted by atomic mass is 9.83. The van der Waals surface area contributed by atoms with Crippen LogP contribution >= 0.6 is 12.6 Å². The normalized spacial score (nSPS) is 11.9. The summed E-state index contributed by atoms with van der Waals surface area (Å²) >= 11 is 4.29. The average Bonchev–Trinajstić information content (AvgIpc) is 2.10. The maximum atomic E-state index is 10.1. The van der Waals surface area contributed by atoms with Crippen LogP contribution in [0.1, 0.15) is 43.0 Å². The van der Waals surface area contributed by atoms with Crippen LogP contribution in [0.25, 0.3) is 0 Å². The first kappa shape index (κ1) is 12.4. The van der Waals surface area contributed by atoms with E-state index in [1.165, 1.54) is 5.56 Å². The third-order valence-electron chi connectivity index (χ3n) is 2.87. The quantitative estimate of drug-likeness (QED) is 0.696. The molecule has 0 radical (unpaired) electrons. The van der Waals surface area contributed by atoms with Crippen LogP contribution in [0.3, 0.4) is 0 Å². The van der Waals surface area contributed by atoms with Gasteiger partial charge in [-0.25, -0.2) is 0 Å². The van der Waals surface area contributed by atoms with Crippen molar-refractivity contribution >= 4 is 12.6 Å². The molecule has 0 fully saturated rings. The second kappa shape index (κ2) is 4.09. The van der Waals surface area contributed by atoms with Crippen LogP contribution in [-0.4, -0.2) is 5.11 Å². The molecule has 1 aromatic carbocycles. The zero-order chi connectivity index (χ0) is 11.8. The number of phenols is 1. The topological polar surface area (TPSA) is 20.2 Å². The van der Waals surface area contributed by atoms with E-state index in [0.717, 1.165) is 16.7 Å². The fourth-order valence-electron chi connectivity index (χ4n) is 1.83. The summed E-state index contributed by atoms with van der Waals surface area (Å²) in [6, 6.07) is 2.08. The first-order valence-corrected chi connectivity index (χ1v) is 5.85. The standard InChI is InChI=1S/C13H20OS/c1-8-6-11(13(3,4)5)12(14)9(2)10(8)7-15/h6,14-15H,7H2,1-5H3. The Morgan fingerprint density at radius 2 is 1.80 bits per heavy atom. The van der Waals surface area contributed by atoms with Gasteiger partial charge in [0.05, 0.1) is 0 Å². The van der Waals surface area contributed by atoms with Crippen molar-refractivity contribution in [2.45, 2.75) is 45.8 Å². The molecule has 2 heteroatoms. The van der Waals surface area contributed by atoms with Gasteiger partial charge in [-0.15, -0.1) is 0 Å². The molecule has 0 atom stereocenters. The number of thiol groups is 1. The van der Waals surface area contributed by atoms with Crippen molar-refractivity contribution in [1.82, 2.24) is 0 Å². The minimum absolute atomic E-state index is 0.0191. The highest BCUT2D eigenvalue weighted by molar-refractivity contribution is 7.79. The Morgan fingerprint density at radius 3 is 2.20 bits per heavy atom. The smallest absolute Gasteiger partial charge is 0.122 e. The average molecular weight is 224 g/mol. The molecule has 1 rings (SSSR count).